The van der Waals surface area contributed by atoms with Gasteiger partial charge in [-0.3, -0.25) is 0 Å². The zero-order valence-corrected chi connectivity index (χ0v) is 17.1. The zero-order chi connectivity index (χ0) is 20.5. The summed E-state index contributed by atoms with van der Waals surface area (Å²) in [5.41, 5.74) is 2.53. The molecule has 1 unspecified atom stereocenters. The smallest absolute Gasteiger partial charge is 0.336 e. The third-order valence-electron chi connectivity index (χ3n) is 6.11. The van der Waals surface area contributed by atoms with Gasteiger partial charge in [-0.05, 0) is 30.3 Å². The summed E-state index contributed by atoms with van der Waals surface area (Å²) in [6.07, 6.45) is 3.17. The maximum atomic E-state index is 12.2. The lowest BCUT2D eigenvalue weighted by molar-refractivity contribution is -0.931. The van der Waals surface area contributed by atoms with Crippen molar-refractivity contribution in [1.29, 1.82) is 0 Å². The fourth-order valence-corrected chi connectivity index (χ4v) is 4.65. The minimum absolute atomic E-state index is 0.323. The van der Waals surface area contributed by atoms with E-state index in [4.69, 9.17) is 18.6 Å². The molecular weight excluding hydrogens is 382 g/mol. The Hall–Kier alpha value is -2.99. The van der Waals surface area contributed by atoms with E-state index < -0.39 is 0 Å². The minimum atomic E-state index is -0.323. The first-order chi connectivity index (χ1) is 14.7. The van der Waals surface area contributed by atoms with Crippen molar-refractivity contribution < 1.29 is 23.5 Å². The van der Waals surface area contributed by atoms with E-state index in [-0.39, 0.29) is 5.63 Å². The second kappa shape index (κ2) is 8.03. The van der Waals surface area contributed by atoms with Gasteiger partial charge in [0.25, 0.3) is 0 Å². The summed E-state index contributed by atoms with van der Waals surface area (Å²) in [6, 6.07) is 14.0. The Balaban J connectivity index is 1.45. The van der Waals surface area contributed by atoms with E-state index in [2.05, 4.69) is 12.1 Å². The van der Waals surface area contributed by atoms with Crippen LogP contribution in [0.1, 0.15) is 36.4 Å². The number of quaternary nitrogens is 1. The van der Waals surface area contributed by atoms with Crippen molar-refractivity contribution in [2.75, 3.05) is 26.9 Å². The number of rotatable bonds is 4. The number of likely N-dealkylation sites (tertiary alicyclic amines) is 1. The maximum Gasteiger partial charge on any atom is 0.336 e. The Morgan fingerprint density at radius 2 is 1.90 bits per heavy atom. The molecule has 0 saturated carbocycles. The van der Waals surface area contributed by atoms with Crippen LogP contribution in [0.15, 0.2) is 51.7 Å². The second-order valence-corrected chi connectivity index (χ2v) is 7.99. The van der Waals surface area contributed by atoms with E-state index in [9.17, 15) is 4.79 Å². The SMILES string of the molecule is COc1ccc2c(C[NH+]3CCC[C@H]3c3ccc4c(c3)OCCCO4)cc(=O)oc2c1. The van der Waals surface area contributed by atoms with Gasteiger partial charge in [0.2, 0.25) is 0 Å². The monoisotopic (exact) mass is 408 g/mol. The molecule has 2 aromatic carbocycles. The number of hydrogen-bond donors (Lipinski definition) is 1. The number of nitrogens with one attached hydrogen (secondary N) is 1. The van der Waals surface area contributed by atoms with Crippen molar-refractivity contribution in [2.24, 2.45) is 0 Å². The van der Waals surface area contributed by atoms with Crippen molar-refractivity contribution in [3.63, 3.8) is 0 Å². The van der Waals surface area contributed by atoms with Crippen molar-refractivity contribution >= 4 is 11.0 Å². The van der Waals surface area contributed by atoms with Crippen molar-refractivity contribution in [3.8, 4) is 17.2 Å². The van der Waals surface area contributed by atoms with Gasteiger partial charge in [-0.1, -0.05) is 0 Å². The minimum Gasteiger partial charge on any atom is -0.497 e. The zero-order valence-electron chi connectivity index (χ0n) is 17.1. The van der Waals surface area contributed by atoms with E-state index in [1.54, 1.807) is 19.2 Å². The van der Waals surface area contributed by atoms with Gasteiger partial charge in [0.15, 0.2) is 11.5 Å². The van der Waals surface area contributed by atoms with Crippen LogP contribution >= 0.6 is 0 Å². The molecule has 6 heteroatoms. The number of fused-ring (bicyclic) bond motifs is 2. The molecule has 5 rings (SSSR count). The van der Waals surface area contributed by atoms with Gasteiger partial charge in [-0.15, -0.1) is 0 Å². The van der Waals surface area contributed by atoms with Gasteiger partial charge < -0.3 is 23.5 Å². The molecule has 0 spiro atoms. The number of benzene rings is 2. The molecule has 0 radical (unpaired) electrons. The van der Waals surface area contributed by atoms with Gasteiger partial charge in [0.1, 0.15) is 23.9 Å². The highest BCUT2D eigenvalue weighted by atomic mass is 16.5. The molecule has 156 valence electrons. The molecule has 30 heavy (non-hydrogen) atoms. The van der Waals surface area contributed by atoms with Gasteiger partial charge in [-0.25, -0.2) is 4.79 Å². The molecule has 0 amide bonds. The first kappa shape index (κ1) is 19.0. The summed E-state index contributed by atoms with van der Waals surface area (Å²) in [6.45, 7) is 3.22. The normalized spacial score (nSPS) is 20.8. The number of ether oxygens (including phenoxy) is 3. The Bertz CT molecular complexity index is 1120. The van der Waals surface area contributed by atoms with Crippen molar-refractivity contribution in [3.05, 3.63) is 64.0 Å². The molecule has 1 N–H and O–H groups in total. The molecule has 0 aliphatic carbocycles. The molecule has 6 nitrogen and oxygen atoms in total. The average Bonchev–Trinajstić information content (AvgIpc) is 3.08. The summed E-state index contributed by atoms with van der Waals surface area (Å²) < 4.78 is 22.4. The fraction of sp³-hybridized carbons (Fsp3) is 0.375. The molecule has 3 heterocycles. The van der Waals surface area contributed by atoms with Gasteiger partial charge in [0, 0.05) is 47.9 Å². The van der Waals surface area contributed by atoms with Crippen LogP contribution in [0, 0.1) is 0 Å². The Morgan fingerprint density at radius 1 is 1.03 bits per heavy atom. The highest BCUT2D eigenvalue weighted by Gasteiger charge is 2.31. The van der Waals surface area contributed by atoms with E-state index in [0.29, 0.717) is 30.6 Å². The topological polar surface area (TPSA) is 62.3 Å². The molecule has 2 atom stereocenters. The van der Waals surface area contributed by atoms with Gasteiger partial charge >= 0.3 is 5.63 Å². The second-order valence-electron chi connectivity index (χ2n) is 7.99. The van der Waals surface area contributed by atoms with Crippen LogP contribution < -0.4 is 24.7 Å². The van der Waals surface area contributed by atoms with E-state index >= 15 is 0 Å². The predicted molar refractivity (Wildman–Crippen MR) is 113 cm³/mol. The van der Waals surface area contributed by atoms with E-state index in [1.165, 1.54) is 10.5 Å². The van der Waals surface area contributed by atoms with Crippen molar-refractivity contribution in [2.45, 2.75) is 31.8 Å². The quantitative estimate of drug-likeness (QED) is 0.673. The number of hydrogen-bond acceptors (Lipinski definition) is 5. The highest BCUT2D eigenvalue weighted by Crippen LogP contribution is 2.33. The van der Waals surface area contributed by atoms with Crippen LogP contribution in [-0.2, 0) is 6.54 Å². The lowest BCUT2D eigenvalue weighted by Gasteiger charge is -2.23. The van der Waals surface area contributed by atoms with Gasteiger partial charge in [0.05, 0.1) is 26.9 Å². The Morgan fingerprint density at radius 3 is 2.77 bits per heavy atom. The highest BCUT2D eigenvalue weighted by molar-refractivity contribution is 5.81. The van der Waals surface area contributed by atoms with E-state index in [0.717, 1.165) is 54.8 Å². The first-order valence-electron chi connectivity index (χ1n) is 10.6. The molecule has 1 fully saturated rings. The molecular formula is C24H26NO5+. The Labute approximate surface area is 175 Å². The molecule has 3 aromatic rings. The van der Waals surface area contributed by atoms with E-state index in [1.807, 2.05) is 18.2 Å². The van der Waals surface area contributed by atoms with Crippen LogP contribution in [0.5, 0.6) is 17.2 Å². The summed E-state index contributed by atoms with van der Waals surface area (Å²) in [4.78, 5) is 13.6. The molecule has 2 aliphatic heterocycles. The molecule has 0 bridgehead atoms. The van der Waals surface area contributed by atoms with Crippen LogP contribution in [0.3, 0.4) is 0 Å². The third-order valence-corrected chi connectivity index (χ3v) is 6.11. The average molecular weight is 408 g/mol. The lowest BCUT2D eigenvalue weighted by Crippen LogP contribution is -3.08. The van der Waals surface area contributed by atoms with Crippen LogP contribution in [0.4, 0.5) is 0 Å². The number of methoxy groups -OCH3 is 1. The Kier molecular flexibility index (Phi) is 5.09. The van der Waals surface area contributed by atoms with Crippen molar-refractivity contribution in [1.82, 2.24) is 0 Å². The summed E-state index contributed by atoms with van der Waals surface area (Å²) in [5.74, 6) is 2.35. The third kappa shape index (κ3) is 3.63. The van der Waals surface area contributed by atoms with Crippen LogP contribution in [0.25, 0.3) is 11.0 Å². The first-order valence-corrected chi connectivity index (χ1v) is 10.6. The summed E-state index contributed by atoms with van der Waals surface area (Å²) in [5, 5.41) is 0.965. The molecule has 1 saturated heterocycles. The fourth-order valence-electron chi connectivity index (χ4n) is 4.65. The summed E-state index contributed by atoms with van der Waals surface area (Å²) >= 11 is 0. The molecule has 1 aromatic heterocycles. The molecule has 2 aliphatic rings. The van der Waals surface area contributed by atoms with Crippen LogP contribution in [-0.4, -0.2) is 26.9 Å². The largest absolute Gasteiger partial charge is 0.497 e. The standard InChI is InChI=1S/C24H25NO5/c1-27-18-6-7-19-17(13-24(26)30-22(19)14-18)15-25-9-2-4-20(25)16-5-8-21-23(12-16)29-11-3-10-28-21/h5-8,12-14,20H,2-4,9-11,15H2,1H3/p+1/t20-/m0/s1. The lowest BCUT2D eigenvalue weighted by atomic mass is 10.0. The maximum absolute atomic E-state index is 12.2. The van der Waals surface area contributed by atoms with Crippen LogP contribution in [0.2, 0.25) is 0 Å². The summed E-state index contributed by atoms with van der Waals surface area (Å²) in [7, 11) is 1.61. The van der Waals surface area contributed by atoms with Gasteiger partial charge in [-0.2, -0.15) is 0 Å². The predicted octanol–water partition coefficient (Wildman–Crippen LogP) is 2.88.